The highest BCUT2D eigenvalue weighted by atomic mass is 16.5. The fraction of sp³-hybridized carbons (Fsp3) is 0.400. The third-order valence-corrected chi connectivity index (χ3v) is 3.68. The molecule has 0 spiro atoms. The second-order valence-electron chi connectivity index (χ2n) is 4.96. The first kappa shape index (κ1) is 12.2. The molecule has 1 N–H and O–H groups in total. The Hall–Kier alpha value is -1.81. The smallest absolute Gasteiger partial charge is 0.193 e. The van der Waals surface area contributed by atoms with Crippen LogP contribution in [0.3, 0.4) is 0 Å². The van der Waals surface area contributed by atoms with Gasteiger partial charge in [-0.3, -0.25) is 4.79 Å². The Bertz CT molecular complexity index is 617. The molecule has 0 amide bonds. The summed E-state index contributed by atoms with van der Waals surface area (Å²) in [5.74, 6) is 0.758. The normalized spacial score (nSPS) is 22.8. The van der Waals surface area contributed by atoms with E-state index in [0.29, 0.717) is 11.3 Å². The number of ether oxygens (including phenoxy) is 2. The third-order valence-electron chi connectivity index (χ3n) is 3.68. The molecule has 19 heavy (non-hydrogen) atoms. The highest BCUT2D eigenvalue weighted by molar-refractivity contribution is 6.11. The van der Waals surface area contributed by atoms with Crippen molar-refractivity contribution in [2.45, 2.75) is 32.0 Å². The fourth-order valence-electron chi connectivity index (χ4n) is 2.68. The van der Waals surface area contributed by atoms with E-state index in [4.69, 9.17) is 9.47 Å². The minimum absolute atomic E-state index is 0.0418. The van der Waals surface area contributed by atoms with Gasteiger partial charge in [0.25, 0.3) is 0 Å². The van der Waals surface area contributed by atoms with Gasteiger partial charge in [-0.1, -0.05) is 6.07 Å². The van der Waals surface area contributed by atoms with Gasteiger partial charge < -0.3 is 14.5 Å². The van der Waals surface area contributed by atoms with Crippen LogP contribution in [0.2, 0.25) is 0 Å². The maximum absolute atomic E-state index is 12.5. The number of hydrogen-bond acceptors (Lipinski definition) is 3. The summed E-state index contributed by atoms with van der Waals surface area (Å²) < 4.78 is 11.0. The molecule has 2 atom stereocenters. The summed E-state index contributed by atoms with van der Waals surface area (Å²) >= 11 is 0. The van der Waals surface area contributed by atoms with E-state index in [1.54, 1.807) is 13.3 Å². The zero-order valence-corrected chi connectivity index (χ0v) is 11.1. The minimum Gasteiger partial charge on any atom is -0.496 e. The van der Waals surface area contributed by atoms with Crippen molar-refractivity contribution in [3.05, 3.63) is 30.0 Å². The predicted molar refractivity (Wildman–Crippen MR) is 72.8 cm³/mol. The van der Waals surface area contributed by atoms with Gasteiger partial charge in [-0.2, -0.15) is 0 Å². The number of aromatic nitrogens is 1. The van der Waals surface area contributed by atoms with E-state index in [-0.39, 0.29) is 18.0 Å². The van der Waals surface area contributed by atoms with Gasteiger partial charge in [-0.25, -0.2) is 0 Å². The summed E-state index contributed by atoms with van der Waals surface area (Å²) in [4.78, 5) is 15.7. The first-order valence-corrected chi connectivity index (χ1v) is 6.54. The molecule has 0 radical (unpaired) electrons. The quantitative estimate of drug-likeness (QED) is 0.862. The molecule has 3 rings (SSSR count). The molecular weight excluding hydrogens is 242 g/mol. The Labute approximate surface area is 111 Å². The molecule has 2 heterocycles. The van der Waals surface area contributed by atoms with Crippen molar-refractivity contribution in [2.75, 3.05) is 7.11 Å². The van der Waals surface area contributed by atoms with Gasteiger partial charge in [-0.15, -0.1) is 0 Å². The van der Waals surface area contributed by atoms with Gasteiger partial charge in [0.15, 0.2) is 5.78 Å². The molecule has 2 aromatic rings. The van der Waals surface area contributed by atoms with Crippen LogP contribution in [0, 0.1) is 0 Å². The highest BCUT2D eigenvalue weighted by Crippen LogP contribution is 2.31. The molecule has 0 bridgehead atoms. The van der Waals surface area contributed by atoms with Crippen molar-refractivity contribution in [2.24, 2.45) is 0 Å². The van der Waals surface area contributed by atoms with Crippen LogP contribution in [0.1, 0.15) is 30.1 Å². The summed E-state index contributed by atoms with van der Waals surface area (Å²) in [6, 6.07) is 5.71. The van der Waals surface area contributed by atoms with Crippen molar-refractivity contribution in [3.8, 4) is 5.75 Å². The maximum Gasteiger partial charge on any atom is 0.193 e. The number of benzene rings is 1. The van der Waals surface area contributed by atoms with Gasteiger partial charge >= 0.3 is 0 Å². The van der Waals surface area contributed by atoms with Crippen LogP contribution in [0.5, 0.6) is 5.75 Å². The number of H-pyrrole nitrogens is 1. The van der Waals surface area contributed by atoms with Crippen molar-refractivity contribution in [3.63, 3.8) is 0 Å². The van der Waals surface area contributed by atoms with Gasteiger partial charge in [0.05, 0.1) is 18.6 Å². The van der Waals surface area contributed by atoms with E-state index in [2.05, 4.69) is 4.98 Å². The molecule has 1 aromatic carbocycles. The largest absolute Gasteiger partial charge is 0.496 e. The lowest BCUT2D eigenvalue weighted by atomic mass is 10.0. The average Bonchev–Trinajstić information content (AvgIpc) is 3.03. The first-order valence-electron chi connectivity index (χ1n) is 6.54. The van der Waals surface area contributed by atoms with Crippen LogP contribution in [-0.2, 0) is 4.74 Å². The number of ketones is 1. The Balaban J connectivity index is 2.03. The molecular formula is C15H17NO3. The lowest BCUT2D eigenvalue weighted by molar-refractivity contribution is 0.0434. The number of carbonyl (C=O) groups excluding carboxylic acids is 1. The summed E-state index contributed by atoms with van der Waals surface area (Å²) in [7, 11) is 1.62. The summed E-state index contributed by atoms with van der Waals surface area (Å²) in [5, 5.41) is 0.846. The first-order chi connectivity index (χ1) is 9.20. The van der Waals surface area contributed by atoms with E-state index >= 15 is 0 Å². The Morgan fingerprint density at radius 2 is 2.26 bits per heavy atom. The van der Waals surface area contributed by atoms with Crippen molar-refractivity contribution in [1.29, 1.82) is 0 Å². The third kappa shape index (κ3) is 2.02. The summed E-state index contributed by atoms with van der Waals surface area (Å²) in [5.41, 5.74) is 1.57. The predicted octanol–water partition coefficient (Wildman–Crippen LogP) is 2.93. The summed E-state index contributed by atoms with van der Waals surface area (Å²) in [6.45, 7) is 2.00. The Kier molecular flexibility index (Phi) is 3.03. The van der Waals surface area contributed by atoms with Crippen LogP contribution in [0.15, 0.2) is 24.4 Å². The molecule has 1 aromatic heterocycles. The van der Waals surface area contributed by atoms with Gasteiger partial charge in [0.1, 0.15) is 11.9 Å². The number of nitrogens with one attached hydrogen (secondary N) is 1. The minimum atomic E-state index is -0.320. The monoisotopic (exact) mass is 259 g/mol. The van der Waals surface area contributed by atoms with Crippen molar-refractivity contribution < 1.29 is 14.3 Å². The number of methoxy groups -OCH3 is 1. The lowest BCUT2D eigenvalue weighted by Crippen LogP contribution is -2.20. The molecule has 4 nitrogen and oxygen atoms in total. The molecule has 2 unspecified atom stereocenters. The molecule has 1 saturated heterocycles. The van der Waals surface area contributed by atoms with Crippen molar-refractivity contribution >= 4 is 16.7 Å². The zero-order chi connectivity index (χ0) is 13.4. The van der Waals surface area contributed by atoms with Crippen LogP contribution in [-0.4, -0.2) is 30.1 Å². The number of Topliss-reactive ketones (excluding diaryl/α,β-unsaturated/α-hetero) is 1. The Morgan fingerprint density at radius 1 is 1.42 bits per heavy atom. The summed E-state index contributed by atoms with van der Waals surface area (Å²) in [6.07, 6.45) is 3.33. The number of carbonyl (C=O) groups is 1. The SMILES string of the molecule is COc1cccc2[nH]cc(C(=O)C3CCC(C)O3)c12. The number of hydrogen-bond donors (Lipinski definition) is 1. The van der Waals surface area contributed by atoms with Crippen LogP contribution in [0.25, 0.3) is 10.9 Å². The van der Waals surface area contributed by atoms with Crippen LogP contribution in [0.4, 0.5) is 0 Å². The van der Waals surface area contributed by atoms with Gasteiger partial charge in [-0.05, 0) is 31.9 Å². The second-order valence-corrected chi connectivity index (χ2v) is 4.96. The Morgan fingerprint density at radius 3 is 2.95 bits per heavy atom. The van der Waals surface area contributed by atoms with Gasteiger partial charge in [0, 0.05) is 17.3 Å². The fourth-order valence-corrected chi connectivity index (χ4v) is 2.68. The highest BCUT2D eigenvalue weighted by Gasteiger charge is 2.30. The van der Waals surface area contributed by atoms with Gasteiger partial charge in [0.2, 0.25) is 0 Å². The number of aromatic amines is 1. The number of rotatable bonds is 3. The van der Waals surface area contributed by atoms with Crippen molar-refractivity contribution in [1.82, 2.24) is 4.98 Å². The molecule has 1 aliphatic rings. The van der Waals surface area contributed by atoms with E-state index in [1.165, 1.54) is 0 Å². The lowest BCUT2D eigenvalue weighted by Gasteiger charge is -2.10. The molecule has 1 aliphatic heterocycles. The molecule has 0 aliphatic carbocycles. The molecule has 0 saturated carbocycles. The number of fused-ring (bicyclic) bond motifs is 1. The van der Waals surface area contributed by atoms with E-state index in [1.807, 2.05) is 25.1 Å². The average molecular weight is 259 g/mol. The van der Waals surface area contributed by atoms with E-state index < -0.39 is 0 Å². The second kappa shape index (κ2) is 4.70. The molecule has 1 fully saturated rings. The zero-order valence-electron chi connectivity index (χ0n) is 11.1. The van der Waals surface area contributed by atoms with Crippen LogP contribution < -0.4 is 4.74 Å². The standard InChI is InChI=1S/C15H17NO3/c1-9-6-7-13(19-9)15(17)10-8-16-11-4-3-5-12(18-2)14(10)11/h3-5,8-9,13,16H,6-7H2,1-2H3. The molecule has 100 valence electrons. The van der Waals surface area contributed by atoms with E-state index in [9.17, 15) is 4.79 Å². The van der Waals surface area contributed by atoms with E-state index in [0.717, 1.165) is 23.7 Å². The maximum atomic E-state index is 12.5. The molecule has 4 heteroatoms. The topological polar surface area (TPSA) is 51.3 Å². The van der Waals surface area contributed by atoms with Crippen LogP contribution >= 0.6 is 0 Å².